The predicted molar refractivity (Wildman–Crippen MR) is 204 cm³/mol. The maximum Gasteiger partial charge on any atom is 0.346 e. The Balaban J connectivity index is 1.71. The molecule has 53 heavy (non-hydrogen) atoms. The summed E-state index contributed by atoms with van der Waals surface area (Å²) in [6.07, 6.45) is 5.70. The maximum atomic E-state index is 13.9. The van der Waals surface area contributed by atoms with E-state index in [0.29, 0.717) is 85.6 Å². The minimum atomic E-state index is -1.05. The molecule has 0 aromatic heterocycles. The van der Waals surface area contributed by atoms with Crippen molar-refractivity contribution in [3.63, 3.8) is 0 Å². The van der Waals surface area contributed by atoms with E-state index in [-0.39, 0.29) is 32.8 Å². The van der Waals surface area contributed by atoms with Crippen molar-refractivity contribution < 1.29 is 43.2 Å². The number of esters is 3. The van der Waals surface area contributed by atoms with Gasteiger partial charge >= 0.3 is 23.9 Å². The number of allylic oxidation sites excluding steroid dienone is 3. The van der Waals surface area contributed by atoms with Gasteiger partial charge in [-0.2, -0.15) is 0 Å². The SMILES string of the molecule is C=C1C=CC(C(=O)Oc2c(C)c(C)c(C(=O)Oc3cc(C)c(C(=O)Oc4c(C)c(C)c(C(=O)O)c(C)c4CC)c(CC)c3C)c(N=O)c2Br)C(OC)=C1. The second-order valence-electron chi connectivity index (χ2n) is 12.8. The van der Waals surface area contributed by atoms with E-state index in [1.807, 2.05) is 13.8 Å². The molecule has 0 saturated heterocycles. The van der Waals surface area contributed by atoms with Crippen LogP contribution in [-0.2, 0) is 22.4 Å². The van der Waals surface area contributed by atoms with Crippen molar-refractivity contribution in [2.75, 3.05) is 7.11 Å². The summed E-state index contributed by atoms with van der Waals surface area (Å²) < 4.78 is 23.0. The first kappa shape index (κ1) is 40.4. The summed E-state index contributed by atoms with van der Waals surface area (Å²) in [4.78, 5) is 65.2. The Kier molecular flexibility index (Phi) is 12.3. The summed E-state index contributed by atoms with van der Waals surface area (Å²) in [5, 5.41) is 12.9. The molecule has 0 amide bonds. The minimum absolute atomic E-state index is 0.00751. The number of carbonyl (C=O) groups excluding carboxylic acids is 3. The molecule has 0 aliphatic heterocycles. The van der Waals surface area contributed by atoms with E-state index in [2.05, 4.69) is 27.7 Å². The number of nitroso groups, excluding NO2 is 1. The fourth-order valence-corrected chi connectivity index (χ4v) is 7.35. The van der Waals surface area contributed by atoms with Crippen LogP contribution in [0.5, 0.6) is 17.2 Å². The van der Waals surface area contributed by atoms with Crippen LogP contribution in [0.25, 0.3) is 0 Å². The van der Waals surface area contributed by atoms with Gasteiger partial charge in [-0.25, -0.2) is 14.4 Å². The molecular weight excluding hydrogens is 746 g/mol. The molecule has 12 heteroatoms. The van der Waals surface area contributed by atoms with Crippen LogP contribution >= 0.6 is 15.9 Å². The van der Waals surface area contributed by atoms with Gasteiger partial charge in [0.2, 0.25) is 0 Å². The summed E-state index contributed by atoms with van der Waals surface area (Å²) in [6, 6.07) is 1.55. The second-order valence-corrected chi connectivity index (χ2v) is 13.6. The predicted octanol–water partition coefficient (Wildman–Crippen LogP) is 9.45. The zero-order valence-electron chi connectivity index (χ0n) is 31.5. The normalized spacial score (nSPS) is 13.7. The Morgan fingerprint density at radius 1 is 0.792 bits per heavy atom. The van der Waals surface area contributed by atoms with Crippen LogP contribution in [0.1, 0.15) is 95.0 Å². The molecule has 1 unspecified atom stereocenters. The van der Waals surface area contributed by atoms with Gasteiger partial charge in [-0.15, -0.1) is 4.91 Å². The van der Waals surface area contributed by atoms with Crippen molar-refractivity contribution in [2.24, 2.45) is 11.1 Å². The highest BCUT2D eigenvalue weighted by Gasteiger charge is 2.32. The third-order valence-corrected chi connectivity index (χ3v) is 10.6. The first-order valence-electron chi connectivity index (χ1n) is 16.9. The van der Waals surface area contributed by atoms with Crippen molar-refractivity contribution in [1.82, 2.24) is 0 Å². The Morgan fingerprint density at radius 3 is 1.94 bits per heavy atom. The van der Waals surface area contributed by atoms with Gasteiger partial charge in [0.25, 0.3) is 0 Å². The summed E-state index contributed by atoms with van der Waals surface area (Å²) >= 11 is 3.32. The molecule has 3 aromatic rings. The summed E-state index contributed by atoms with van der Waals surface area (Å²) in [7, 11) is 1.43. The molecule has 0 radical (unpaired) electrons. The standard InChI is InChI=1S/C41H42BrNO10/c1-12-26-24(9)29(17-19(4)31(26)40(47)52-36-22(7)20(5)32(38(44)45)25(10)27(36)13-2)51-41(48)33-21(6)23(8)37(34(42)35(33)43-49)53-39(46)28-15-14-18(3)16-30(28)50-11/h14-17,28H,3,12-13H2,1-2,4-11H3,(H,44,45). The molecule has 1 aliphatic carbocycles. The molecule has 0 saturated carbocycles. The number of aryl methyl sites for hydroxylation is 1. The van der Waals surface area contributed by atoms with Gasteiger partial charge in [0.15, 0.2) is 5.75 Å². The minimum Gasteiger partial charge on any atom is -0.500 e. The van der Waals surface area contributed by atoms with E-state index in [0.717, 1.165) is 0 Å². The molecule has 3 aromatic carbocycles. The van der Waals surface area contributed by atoms with Gasteiger partial charge in [0.1, 0.15) is 28.9 Å². The molecule has 0 spiro atoms. The lowest BCUT2D eigenvalue weighted by Gasteiger charge is -2.22. The van der Waals surface area contributed by atoms with Crippen molar-refractivity contribution in [3.05, 3.63) is 118 Å². The van der Waals surface area contributed by atoms with Gasteiger partial charge < -0.3 is 24.1 Å². The van der Waals surface area contributed by atoms with Crippen molar-refractivity contribution in [3.8, 4) is 17.2 Å². The lowest BCUT2D eigenvalue weighted by Crippen LogP contribution is -2.24. The van der Waals surface area contributed by atoms with Gasteiger partial charge in [0, 0.05) is 0 Å². The fourth-order valence-electron chi connectivity index (χ4n) is 6.70. The number of hydrogen-bond acceptors (Lipinski definition) is 10. The molecule has 4 rings (SSSR count). The monoisotopic (exact) mass is 787 g/mol. The highest BCUT2D eigenvalue weighted by atomic mass is 79.9. The number of rotatable bonds is 11. The molecule has 0 bridgehead atoms. The Hall–Kier alpha value is -5.36. The Labute approximate surface area is 316 Å². The number of carboxylic acids is 1. The highest BCUT2D eigenvalue weighted by molar-refractivity contribution is 9.10. The first-order chi connectivity index (χ1) is 24.9. The molecule has 278 valence electrons. The number of methoxy groups -OCH3 is 1. The lowest BCUT2D eigenvalue weighted by atomic mass is 9.91. The third kappa shape index (κ3) is 7.46. The van der Waals surface area contributed by atoms with E-state index < -0.39 is 29.8 Å². The van der Waals surface area contributed by atoms with E-state index in [1.54, 1.807) is 72.8 Å². The smallest absolute Gasteiger partial charge is 0.346 e. The van der Waals surface area contributed by atoms with Crippen LogP contribution < -0.4 is 14.2 Å². The number of ether oxygens (including phenoxy) is 4. The molecule has 1 N–H and O–H groups in total. The Morgan fingerprint density at radius 2 is 1.38 bits per heavy atom. The van der Waals surface area contributed by atoms with Crippen molar-refractivity contribution in [1.29, 1.82) is 0 Å². The molecule has 0 fully saturated rings. The van der Waals surface area contributed by atoms with Gasteiger partial charge in [0.05, 0.1) is 28.3 Å². The number of halogens is 1. The van der Waals surface area contributed by atoms with E-state index >= 15 is 0 Å². The highest BCUT2D eigenvalue weighted by Crippen LogP contribution is 2.44. The van der Waals surface area contributed by atoms with Gasteiger partial charge in [-0.3, -0.25) is 4.79 Å². The summed E-state index contributed by atoms with van der Waals surface area (Å²) in [5.74, 6) is -3.28. The zero-order valence-corrected chi connectivity index (χ0v) is 33.0. The van der Waals surface area contributed by atoms with Crippen LogP contribution in [0.2, 0.25) is 0 Å². The largest absolute Gasteiger partial charge is 0.500 e. The number of aromatic carboxylic acids is 1. The topological polar surface area (TPSA) is 155 Å². The van der Waals surface area contributed by atoms with E-state index in [1.165, 1.54) is 7.11 Å². The lowest BCUT2D eigenvalue weighted by molar-refractivity contribution is -0.137. The fraction of sp³-hybridized carbons (Fsp3) is 0.317. The molecular formula is C41H42BrNO10. The first-order valence-corrected chi connectivity index (χ1v) is 17.7. The average molecular weight is 789 g/mol. The van der Waals surface area contributed by atoms with Crippen molar-refractivity contribution >= 4 is 45.5 Å². The number of hydrogen-bond donors (Lipinski definition) is 1. The van der Waals surface area contributed by atoms with E-state index in [4.69, 9.17) is 18.9 Å². The van der Waals surface area contributed by atoms with Crippen LogP contribution in [0.3, 0.4) is 0 Å². The summed E-state index contributed by atoms with van der Waals surface area (Å²) in [5.41, 5.74) is 5.17. The van der Waals surface area contributed by atoms with Crippen LogP contribution in [-0.4, -0.2) is 36.1 Å². The number of nitrogens with zero attached hydrogens (tertiary/aromatic N) is 1. The van der Waals surface area contributed by atoms with Gasteiger partial charge in [-0.1, -0.05) is 32.6 Å². The zero-order chi connectivity index (χ0) is 39.6. The maximum absolute atomic E-state index is 13.9. The molecule has 1 aliphatic rings. The third-order valence-electron chi connectivity index (χ3n) is 9.82. The van der Waals surface area contributed by atoms with Crippen LogP contribution in [0, 0.1) is 59.3 Å². The molecule has 1 atom stereocenters. The number of carbonyl (C=O) groups is 4. The quantitative estimate of drug-likeness (QED) is 0.113. The average Bonchev–Trinajstić information content (AvgIpc) is 3.11. The van der Waals surface area contributed by atoms with E-state index in [9.17, 15) is 29.2 Å². The summed E-state index contributed by atoms with van der Waals surface area (Å²) in [6.45, 7) is 19.3. The molecule has 0 heterocycles. The second kappa shape index (κ2) is 16.1. The molecule has 11 nitrogen and oxygen atoms in total. The van der Waals surface area contributed by atoms with Gasteiger partial charge in [-0.05, 0) is 150 Å². The number of benzene rings is 3. The van der Waals surface area contributed by atoms with Crippen LogP contribution in [0.15, 0.2) is 51.9 Å². The van der Waals surface area contributed by atoms with Crippen LogP contribution in [0.4, 0.5) is 5.69 Å². The van der Waals surface area contributed by atoms with Crippen molar-refractivity contribution in [2.45, 2.75) is 75.2 Å². The Bertz CT molecular complexity index is 2180. The number of carboxylic acid groups (broad SMARTS) is 1.